The number of ether oxygens (including phenoxy) is 1. The molecule has 0 aliphatic carbocycles. The Morgan fingerprint density at radius 3 is 2.68 bits per heavy atom. The summed E-state index contributed by atoms with van der Waals surface area (Å²) in [5.41, 5.74) is 0.625. The molecule has 2 atom stereocenters. The van der Waals surface area contributed by atoms with Crippen molar-refractivity contribution in [2.75, 3.05) is 7.11 Å². The van der Waals surface area contributed by atoms with Crippen LogP contribution in [0.25, 0.3) is 0 Å². The summed E-state index contributed by atoms with van der Waals surface area (Å²) in [5, 5.41) is 14.7. The highest BCUT2D eigenvalue weighted by molar-refractivity contribution is 7.12. The molecule has 1 heterocycles. The Balaban J connectivity index is 1.90. The lowest BCUT2D eigenvalue weighted by atomic mass is 10.0. The Hall–Kier alpha value is -1.92. The number of carbonyl (C=O) groups excluding carboxylic acids is 1. The second-order valence-corrected chi connectivity index (χ2v) is 5.94. The third-order valence-corrected chi connectivity index (χ3v) is 4.15. The molecule has 0 spiro atoms. The predicted molar refractivity (Wildman–Crippen MR) is 83.8 cm³/mol. The van der Waals surface area contributed by atoms with Crippen LogP contribution in [0, 0.1) is 5.82 Å². The molecule has 2 N–H and O–H groups in total. The number of carbonyl (C=O) groups is 1. The van der Waals surface area contributed by atoms with E-state index >= 15 is 0 Å². The Kier molecular flexibility index (Phi) is 5.51. The van der Waals surface area contributed by atoms with Crippen LogP contribution < -0.4 is 10.1 Å². The molecule has 0 saturated heterocycles. The number of methoxy groups -OCH3 is 1. The molecule has 1 aromatic heterocycles. The van der Waals surface area contributed by atoms with Crippen molar-refractivity contribution in [1.82, 2.24) is 5.32 Å². The molecule has 1 amide bonds. The van der Waals surface area contributed by atoms with Crippen LogP contribution in [0.5, 0.6) is 5.75 Å². The summed E-state index contributed by atoms with van der Waals surface area (Å²) >= 11 is 1.30. The van der Waals surface area contributed by atoms with Gasteiger partial charge in [0.2, 0.25) is 0 Å². The van der Waals surface area contributed by atoms with Crippen LogP contribution in [0.4, 0.5) is 4.39 Å². The SMILES string of the molecule is COc1csc(C(=O)NC(C)CC(O)c2ccc(F)cc2)c1. The third-order valence-electron chi connectivity index (χ3n) is 3.24. The molecule has 0 aliphatic rings. The second kappa shape index (κ2) is 7.38. The maximum absolute atomic E-state index is 12.9. The van der Waals surface area contributed by atoms with E-state index in [4.69, 9.17) is 4.74 Å². The van der Waals surface area contributed by atoms with Crippen LogP contribution >= 0.6 is 11.3 Å². The van der Waals surface area contributed by atoms with E-state index < -0.39 is 6.10 Å². The fourth-order valence-corrected chi connectivity index (χ4v) is 2.81. The maximum Gasteiger partial charge on any atom is 0.261 e. The molecule has 2 unspecified atom stereocenters. The first-order chi connectivity index (χ1) is 10.5. The highest BCUT2D eigenvalue weighted by atomic mass is 32.1. The van der Waals surface area contributed by atoms with Crippen LogP contribution in [-0.4, -0.2) is 24.2 Å². The lowest BCUT2D eigenvalue weighted by molar-refractivity contribution is 0.0921. The summed E-state index contributed by atoms with van der Waals surface area (Å²) in [4.78, 5) is 12.6. The van der Waals surface area contributed by atoms with Crippen molar-refractivity contribution in [3.05, 3.63) is 52.0 Å². The molecule has 2 aromatic rings. The second-order valence-electron chi connectivity index (χ2n) is 5.03. The summed E-state index contributed by atoms with van der Waals surface area (Å²) in [6, 6.07) is 7.14. The first-order valence-electron chi connectivity index (χ1n) is 6.86. The van der Waals surface area contributed by atoms with Gasteiger partial charge < -0.3 is 15.2 Å². The van der Waals surface area contributed by atoms with Crippen molar-refractivity contribution in [1.29, 1.82) is 0 Å². The highest BCUT2D eigenvalue weighted by Crippen LogP contribution is 2.22. The van der Waals surface area contributed by atoms with Crippen molar-refractivity contribution < 1.29 is 19.0 Å². The normalized spacial score (nSPS) is 13.5. The van der Waals surface area contributed by atoms with Gasteiger partial charge in [0.25, 0.3) is 5.91 Å². The third kappa shape index (κ3) is 4.29. The smallest absolute Gasteiger partial charge is 0.261 e. The van der Waals surface area contributed by atoms with Crippen molar-refractivity contribution in [2.45, 2.75) is 25.5 Å². The lowest BCUT2D eigenvalue weighted by Crippen LogP contribution is -2.33. The molecule has 0 radical (unpaired) electrons. The average molecular weight is 323 g/mol. The Bertz CT molecular complexity index is 627. The van der Waals surface area contributed by atoms with Gasteiger partial charge in [-0.15, -0.1) is 11.3 Å². The van der Waals surface area contributed by atoms with Crippen LogP contribution in [0.3, 0.4) is 0 Å². The van der Waals surface area contributed by atoms with E-state index in [0.717, 1.165) is 0 Å². The van der Waals surface area contributed by atoms with Gasteiger partial charge in [-0.1, -0.05) is 12.1 Å². The number of aliphatic hydroxyl groups excluding tert-OH is 1. The van der Waals surface area contributed by atoms with Crippen molar-refractivity contribution in [2.24, 2.45) is 0 Å². The summed E-state index contributed by atoms with van der Waals surface area (Å²) in [7, 11) is 1.55. The minimum atomic E-state index is -0.756. The molecule has 0 saturated carbocycles. The number of thiophene rings is 1. The molecule has 0 aliphatic heterocycles. The topological polar surface area (TPSA) is 58.6 Å². The number of benzene rings is 1. The fraction of sp³-hybridized carbons (Fsp3) is 0.312. The molecule has 2 rings (SSSR count). The van der Waals surface area contributed by atoms with Crippen LogP contribution in [0.15, 0.2) is 35.7 Å². The quantitative estimate of drug-likeness (QED) is 0.858. The minimum absolute atomic E-state index is 0.202. The number of halogens is 1. The van der Waals surface area contributed by atoms with E-state index in [2.05, 4.69) is 5.32 Å². The Morgan fingerprint density at radius 1 is 1.41 bits per heavy atom. The van der Waals surface area contributed by atoms with E-state index in [1.807, 2.05) is 6.92 Å². The molecular weight excluding hydrogens is 305 g/mol. The molecule has 118 valence electrons. The van der Waals surface area contributed by atoms with Crippen molar-refractivity contribution in [3.63, 3.8) is 0 Å². The van der Waals surface area contributed by atoms with Gasteiger partial charge in [0.15, 0.2) is 0 Å². The number of amides is 1. The van der Waals surface area contributed by atoms with E-state index in [-0.39, 0.29) is 17.8 Å². The van der Waals surface area contributed by atoms with Gasteiger partial charge in [-0.25, -0.2) is 4.39 Å². The monoisotopic (exact) mass is 323 g/mol. The molecule has 0 fully saturated rings. The number of hydrogen-bond acceptors (Lipinski definition) is 4. The first kappa shape index (κ1) is 16.5. The van der Waals surface area contributed by atoms with Gasteiger partial charge in [-0.2, -0.15) is 0 Å². The number of rotatable bonds is 6. The Labute approximate surface area is 132 Å². The standard InChI is InChI=1S/C16H18FNO3S/c1-10(7-14(19)11-3-5-12(17)6-4-11)18-16(20)15-8-13(21-2)9-22-15/h3-6,8-10,14,19H,7H2,1-2H3,(H,18,20). The Morgan fingerprint density at radius 2 is 2.09 bits per heavy atom. The van der Waals surface area contributed by atoms with Crippen LogP contribution in [-0.2, 0) is 0 Å². The molecule has 6 heteroatoms. The molecule has 4 nitrogen and oxygen atoms in total. The average Bonchev–Trinajstić information content (AvgIpc) is 2.96. The van der Waals surface area contributed by atoms with Gasteiger partial charge in [0.1, 0.15) is 11.6 Å². The number of aliphatic hydroxyl groups is 1. The zero-order valence-corrected chi connectivity index (χ0v) is 13.2. The van der Waals surface area contributed by atoms with Crippen molar-refractivity contribution >= 4 is 17.2 Å². The first-order valence-corrected chi connectivity index (χ1v) is 7.74. The van der Waals surface area contributed by atoms with E-state index in [1.54, 1.807) is 30.7 Å². The fourth-order valence-electron chi connectivity index (χ4n) is 2.05. The van der Waals surface area contributed by atoms with E-state index in [9.17, 15) is 14.3 Å². The van der Waals surface area contributed by atoms with Gasteiger partial charge in [0.05, 0.1) is 18.1 Å². The lowest BCUT2D eigenvalue weighted by Gasteiger charge is -2.18. The zero-order chi connectivity index (χ0) is 16.1. The molecule has 0 bridgehead atoms. The van der Waals surface area contributed by atoms with Crippen molar-refractivity contribution in [3.8, 4) is 5.75 Å². The maximum atomic E-state index is 12.9. The molecule has 1 aromatic carbocycles. The largest absolute Gasteiger partial charge is 0.496 e. The zero-order valence-electron chi connectivity index (χ0n) is 12.4. The predicted octanol–water partition coefficient (Wildman–Crippen LogP) is 3.14. The van der Waals surface area contributed by atoms with E-state index in [1.165, 1.54) is 23.5 Å². The number of hydrogen-bond donors (Lipinski definition) is 2. The number of nitrogens with one attached hydrogen (secondary N) is 1. The minimum Gasteiger partial charge on any atom is -0.496 e. The molecular formula is C16H18FNO3S. The summed E-state index contributed by atoms with van der Waals surface area (Å²) in [5.74, 6) is 0.102. The summed E-state index contributed by atoms with van der Waals surface area (Å²) in [6.07, 6.45) is -0.409. The summed E-state index contributed by atoms with van der Waals surface area (Å²) < 4.78 is 17.9. The van der Waals surface area contributed by atoms with Crippen LogP contribution in [0.1, 0.15) is 34.7 Å². The highest BCUT2D eigenvalue weighted by Gasteiger charge is 2.16. The van der Waals surface area contributed by atoms with Gasteiger partial charge in [0, 0.05) is 17.5 Å². The van der Waals surface area contributed by atoms with Gasteiger partial charge in [-0.3, -0.25) is 4.79 Å². The van der Waals surface area contributed by atoms with Crippen LogP contribution in [0.2, 0.25) is 0 Å². The molecule has 22 heavy (non-hydrogen) atoms. The van der Waals surface area contributed by atoms with E-state index in [0.29, 0.717) is 22.6 Å². The van der Waals surface area contributed by atoms with Gasteiger partial charge >= 0.3 is 0 Å². The van der Waals surface area contributed by atoms with Gasteiger partial charge in [-0.05, 0) is 31.0 Å². The summed E-state index contributed by atoms with van der Waals surface area (Å²) in [6.45, 7) is 1.81.